The Labute approximate surface area is 217 Å². The van der Waals surface area contributed by atoms with Gasteiger partial charge in [-0.15, -0.1) is 0 Å². The van der Waals surface area contributed by atoms with Crippen molar-refractivity contribution in [2.24, 2.45) is 0 Å². The van der Waals surface area contributed by atoms with Crippen LogP contribution in [0.25, 0.3) is 0 Å². The monoisotopic (exact) mass is 518 g/mol. The van der Waals surface area contributed by atoms with Crippen molar-refractivity contribution in [3.63, 3.8) is 0 Å². The van der Waals surface area contributed by atoms with Crippen LogP contribution >= 0.6 is 0 Å². The second kappa shape index (κ2) is 12.2. The summed E-state index contributed by atoms with van der Waals surface area (Å²) in [6.45, 7) is 5.99. The second-order valence-corrected chi connectivity index (χ2v) is 10.2. The molecule has 2 aliphatic rings. The highest BCUT2D eigenvalue weighted by Gasteiger charge is 2.35. The van der Waals surface area contributed by atoms with Crippen LogP contribution in [-0.2, 0) is 24.0 Å². The number of rotatable bonds is 9. The number of anilines is 1. The second-order valence-electron chi connectivity index (χ2n) is 10.2. The lowest BCUT2D eigenvalue weighted by Gasteiger charge is -2.37. The summed E-state index contributed by atoms with van der Waals surface area (Å²) < 4.78 is 47.6. The van der Waals surface area contributed by atoms with Gasteiger partial charge in [0.05, 0.1) is 12.0 Å². The number of nitrogens with zero attached hydrogens (tertiary/aromatic N) is 2. The van der Waals surface area contributed by atoms with Crippen molar-refractivity contribution in [2.75, 3.05) is 37.6 Å². The van der Waals surface area contributed by atoms with Gasteiger partial charge in [0.15, 0.2) is 0 Å². The van der Waals surface area contributed by atoms with Gasteiger partial charge < -0.3 is 14.7 Å². The molecular weight excluding hydrogens is 481 g/mol. The zero-order valence-corrected chi connectivity index (χ0v) is 21.5. The Kier molecular flexibility index (Phi) is 9.00. The Morgan fingerprint density at radius 2 is 1.76 bits per heavy atom. The minimum atomic E-state index is -4.38. The molecule has 1 saturated heterocycles. The summed E-state index contributed by atoms with van der Waals surface area (Å²) >= 11 is 0. The molecule has 1 aliphatic heterocycles. The largest absolute Gasteiger partial charge is 0.489 e. The molecule has 0 amide bonds. The molecule has 202 valence electrons. The molecule has 2 aromatic rings. The van der Waals surface area contributed by atoms with Gasteiger partial charge in [-0.05, 0) is 66.1 Å². The number of benzene rings is 2. The summed E-state index contributed by atoms with van der Waals surface area (Å²) in [6, 6.07) is 10.6. The quantitative estimate of drug-likeness (QED) is 0.411. The number of carboxylic acid groups (broad SMARTS) is 1. The maximum Gasteiger partial charge on any atom is 0.416 e. The van der Waals surface area contributed by atoms with E-state index in [1.54, 1.807) is 12.1 Å². The van der Waals surface area contributed by atoms with E-state index in [4.69, 9.17) is 9.84 Å². The molecule has 2 aromatic carbocycles. The topological polar surface area (TPSA) is 53.0 Å². The van der Waals surface area contributed by atoms with Gasteiger partial charge in [-0.1, -0.05) is 38.3 Å². The normalized spacial score (nSPS) is 17.7. The summed E-state index contributed by atoms with van der Waals surface area (Å²) in [4.78, 5) is 15.3. The van der Waals surface area contributed by atoms with Gasteiger partial charge in [-0.3, -0.25) is 9.69 Å². The number of hydrogen-bond donors (Lipinski definition) is 1. The number of halogens is 3. The van der Waals surface area contributed by atoms with Crippen LogP contribution in [0.3, 0.4) is 0 Å². The zero-order valence-electron chi connectivity index (χ0n) is 21.5. The highest BCUT2D eigenvalue weighted by molar-refractivity contribution is 5.66. The van der Waals surface area contributed by atoms with Gasteiger partial charge in [0, 0.05) is 38.4 Å². The molecule has 8 heteroatoms. The molecule has 0 radical (unpaired) electrons. The molecule has 2 fully saturated rings. The van der Waals surface area contributed by atoms with Crippen LogP contribution in [-0.4, -0.2) is 48.7 Å². The molecule has 1 saturated carbocycles. The molecule has 0 spiro atoms. The van der Waals surface area contributed by atoms with Crippen LogP contribution in [0.1, 0.15) is 73.6 Å². The molecule has 0 unspecified atom stereocenters. The van der Waals surface area contributed by atoms with Gasteiger partial charge in [-0.25, -0.2) is 0 Å². The first-order valence-electron chi connectivity index (χ1n) is 13.4. The van der Waals surface area contributed by atoms with E-state index in [-0.39, 0.29) is 18.9 Å². The lowest BCUT2D eigenvalue weighted by molar-refractivity contribution is -0.139. The molecule has 37 heavy (non-hydrogen) atoms. The standard InChI is InChI=1S/C29H37F3N2O3/c1-2-22-19-24(9-11-27(22)34-16-14-33(15-17-34)13-12-28(35)36)37-20-21-8-10-25(23-6-4-3-5-7-23)26(18-21)29(30,31)32/h8-11,18-19,23H,2-7,12-17,20H2,1H3,(H,35,36). The number of carbonyl (C=O) groups is 1. The molecule has 0 atom stereocenters. The number of aliphatic carboxylic acids is 1. The van der Waals surface area contributed by atoms with Gasteiger partial charge in [0.1, 0.15) is 12.4 Å². The van der Waals surface area contributed by atoms with Crippen molar-refractivity contribution < 1.29 is 27.8 Å². The molecular formula is C29H37F3N2O3. The van der Waals surface area contributed by atoms with E-state index >= 15 is 0 Å². The fourth-order valence-electron chi connectivity index (χ4n) is 5.58. The Hall–Kier alpha value is -2.74. The number of piperazine rings is 1. The predicted molar refractivity (Wildman–Crippen MR) is 138 cm³/mol. The molecule has 1 aliphatic carbocycles. The summed E-state index contributed by atoms with van der Waals surface area (Å²) in [5, 5.41) is 8.90. The number of carboxylic acids is 1. The van der Waals surface area contributed by atoms with Crippen molar-refractivity contribution in [1.82, 2.24) is 4.90 Å². The van der Waals surface area contributed by atoms with E-state index in [0.29, 0.717) is 23.4 Å². The maximum atomic E-state index is 13.9. The van der Waals surface area contributed by atoms with Crippen LogP contribution in [0.4, 0.5) is 18.9 Å². The van der Waals surface area contributed by atoms with Crippen molar-refractivity contribution >= 4 is 11.7 Å². The summed E-state index contributed by atoms with van der Waals surface area (Å²) in [7, 11) is 0. The van der Waals surface area contributed by atoms with E-state index in [9.17, 15) is 18.0 Å². The molecule has 4 rings (SSSR count). The van der Waals surface area contributed by atoms with E-state index in [1.165, 1.54) is 6.07 Å². The van der Waals surface area contributed by atoms with E-state index in [0.717, 1.165) is 76.0 Å². The SMILES string of the molecule is CCc1cc(OCc2ccc(C3CCCCC3)c(C(F)(F)F)c2)ccc1N1CCN(CCC(=O)O)CC1. The third-order valence-corrected chi connectivity index (χ3v) is 7.66. The maximum absolute atomic E-state index is 13.9. The number of alkyl halides is 3. The fraction of sp³-hybridized carbons (Fsp3) is 0.552. The third kappa shape index (κ3) is 7.18. The van der Waals surface area contributed by atoms with Crippen molar-refractivity contribution in [3.8, 4) is 5.75 Å². The summed E-state index contributed by atoms with van der Waals surface area (Å²) in [5.74, 6) is -0.147. The molecule has 1 N–H and O–H groups in total. The Morgan fingerprint density at radius 3 is 2.41 bits per heavy atom. The van der Waals surface area contributed by atoms with Crippen LogP contribution in [0, 0.1) is 0 Å². The lowest BCUT2D eigenvalue weighted by atomic mass is 9.81. The first kappa shape index (κ1) is 27.3. The Balaban J connectivity index is 1.41. The van der Waals surface area contributed by atoms with Gasteiger partial charge in [-0.2, -0.15) is 13.2 Å². The molecule has 0 bridgehead atoms. The third-order valence-electron chi connectivity index (χ3n) is 7.66. The first-order chi connectivity index (χ1) is 17.7. The highest BCUT2D eigenvalue weighted by atomic mass is 19.4. The molecule has 0 aromatic heterocycles. The fourth-order valence-corrected chi connectivity index (χ4v) is 5.58. The first-order valence-corrected chi connectivity index (χ1v) is 13.4. The van der Waals surface area contributed by atoms with Crippen LogP contribution in [0.15, 0.2) is 36.4 Å². The Bertz CT molecular complexity index is 1060. The lowest BCUT2D eigenvalue weighted by Crippen LogP contribution is -2.47. The van der Waals surface area contributed by atoms with Crippen LogP contribution in [0.5, 0.6) is 5.75 Å². The predicted octanol–water partition coefficient (Wildman–Crippen LogP) is 6.49. The highest BCUT2D eigenvalue weighted by Crippen LogP contribution is 2.41. The summed E-state index contributed by atoms with van der Waals surface area (Å²) in [5.41, 5.74) is 2.68. The molecule has 5 nitrogen and oxygen atoms in total. The van der Waals surface area contributed by atoms with E-state index in [1.807, 2.05) is 18.2 Å². The zero-order chi connectivity index (χ0) is 26.4. The van der Waals surface area contributed by atoms with Gasteiger partial charge >= 0.3 is 12.1 Å². The van der Waals surface area contributed by atoms with Gasteiger partial charge in [0.25, 0.3) is 0 Å². The summed E-state index contributed by atoms with van der Waals surface area (Å²) in [6.07, 6.45) is 1.31. The minimum absolute atomic E-state index is 0.0148. The average molecular weight is 519 g/mol. The van der Waals surface area contributed by atoms with Crippen molar-refractivity contribution in [2.45, 2.75) is 70.6 Å². The smallest absolute Gasteiger partial charge is 0.416 e. The van der Waals surface area contributed by atoms with Crippen LogP contribution < -0.4 is 9.64 Å². The van der Waals surface area contributed by atoms with Crippen molar-refractivity contribution in [3.05, 3.63) is 58.7 Å². The minimum Gasteiger partial charge on any atom is -0.489 e. The molecule has 1 heterocycles. The van der Waals surface area contributed by atoms with E-state index < -0.39 is 17.7 Å². The average Bonchev–Trinajstić information content (AvgIpc) is 2.90. The Morgan fingerprint density at radius 1 is 1.03 bits per heavy atom. The van der Waals surface area contributed by atoms with Gasteiger partial charge in [0.2, 0.25) is 0 Å². The van der Waals surface area contributed by atoms with Crippen molar-refractivity contribution in [1.29, 1.82) is 0 Å². The van der Waals surface area contributed by atoms with Crippen LogP contribution in [0.2, 0.25) is 0 Å². The number of ether oxygens (including phenoxy) is 1. The van der Waals surface area contributed by atoms with E-state index in [2.05, 4.69) is 16.7 Å². The number of hydrogen-bond acceptors (Lipinski definition) is 4. The number of aryl methyl sites for hydroxylation is 1.